The van der Waals surface area contributed by atoms with Crippen LogP contribution in [0.25, 0.3) is 0 Å². The highest BCUT2D eigenvalue weighted by Crippen LogP contribution is 2.41. The molecule has 0 saturated heterocycles. The molecule has 1 unspecified atom stereocenters. The van der Waals surface area contributed by atoms with E-state index in [4.69, 9.17) is 4.74 Å². The highest BCUT2D eigenvalue weighted by atomic mass is 16.5. The first-order valence-electron chi connectivity index (χ1n) is 7.10. The van der Waals surface area contributed by atoms with Crippen LogP contribution in [0.15, 0.2) is 24.3 Å². The van der Waals surface area contributed by atoms with Crippen LogP contribution in [0.3, 0.4) is 0 Å². The minimum atomic E-state index is 0.263. The van der Waals surface area contributed by atoms with E-state index in [0.717, 1.165) is 12.2 Å². The molecule has 2 heteroatoms. The summed E-state index contributed by atoms with van der Waals surface area (Å²) in [5.41, 5.74) is 1.28. The van der Waals surface area contributed by atoms with Crippen LogP contribution in [-0.2, 0) is 0 Å². The number of aliphatic hydroxyl groups is 1. The smallest absolute Gasteiger partial charge is 0.122 e. The van der Waals surface area contributed by atoms with E-state index >= 15 is 0 Å². The molecule has 1 atom stereocenters. The first-order valence-corrected chi connectivity index (χ1v) is 7.10. The molecule has 1 saturated carbocycles. The van der Waals surface area contributed by atoms with Gasteiger partial charge in [0.2, 0.25) is 0 Å². The first-order chi connectivity index (χ1) is 8.86. The minimum absolute atomic E-state index is 0.263. The SMILES string of the molecule is COc1ccccc1C(CCO)C1CCCCC1. The lowest BCUT2D eigenvalue weighted by Gasteiger charge is -2.31. The summed E-state index contributed by atoms with van der Waals surface area (Å²) in [5.74, 6) is 2.13. The van der Waals surface area contributed by atoms with Gasteiger partial charge in [-0.2, -0.15) is 0 Å². The zero-order valence-corrected chi connectivity index (χ0v) is 11.3. The average molecular weight is 248 g/mol. The molecule has 0 heterocycles. The van der Waals surface area contributed by atoms with Gasteiger partial charge in [-0.1, -0.05) is 37.5 Å². The van der Waals surface area contributed by atoms with Gasteiger partial charge in [-0.3, -0.25) is 0 Å². The van der Waals surface area contributed by atoms with Crippen molar-refractivity contribution in [2.75, 3.05) is 13.7 Å². The van der Waals surface area contributed by atoms with Crippen LogP contribution in [0.4, 0.5) is 0 Å². The van der Waals surface area contributed by atoms with Gasteiger partial charge in [0.1, 0.15) is 5.75 Å². The van der Waals surface area contributed by atoms with E-state index in [1.165, 1.54) is 37.7 Å². The molecule has 1 fully saturated rings. The first kappa shape index (κ1) is 13.4. The molecule has 1 aromatic carbocycles. The van der Waals surface area contributed by atoms with Gasteiger partial charge < -0.3 is 9.84 Å². The zero-order chi connectivity index (χ0) is 12.8. The third-order valence-corrected chi connectivity index (χ3v) is 4.20. The molecule has 0 aromatic heterocycles. The van der Waals surface area contributed by atoms with E-state index in [0.29, 0.717) is 11.8 Å². The number of rotatable bonds is 5. The second kappa shape index (κ2) is 6.79. The lowest BCUT2D eigenvalue weighted by atomic mass is 9.75. The number of benzene rings is 1. The molecular weight excluding hydrogens is 224 g/mol. The highest BCUT2D eigenvalue weighted by molar-refractivity contribution is 5.36. The number of hydrogen-bond donors (Lipinski definition) is 1. The minimum Gasteiger partial charge on any atom is -0.496 e. The van der Waals surface area contributed by atoms with Crippen LogP contribution >= 0.6 is 0 Å². The second-order valence-electron chi connectivity index (χ2n) is 5.26. The molecule has 0 spiro atoms. The molecule has 2 rings (SSSR count). The molecule has 0 bridgehead atoms. The van der Waals surface area contributed by atoms with Crippen molar-refractivity contribution in [3.05, 3.63) is 29.8 Å². The number of ether oxygens (including phenoxy) is 1. The van der Waals surface area contributed by atoms with Gasteiger partial charge in [-0.15, -0.1) is 0 Å². The third-order valence-electron chi connectivity index (χ3n) is 4.20. The van der Waals surface area contributed by atoms with Crippen molar-refractivity contribution in [3.8, 4) is 5.75 Å². The van der Waals surface area contributed by atoms with Crippen molar-refractivity contribution >= 4 is 0 Å². The zero-order valence-electron chi connectivity index (χ0n) is 11.3. The molecule has 100 valence electrons. The van der Waals surface area contributed by atoms with Gasteiger partial charge in [-0.05, 0) is 42.7 Å². The lowest BCUT2D eigenvalue weighted by molar-refractivity contribution is 0.226. The fourth-order valence-electron chi connectivity index (χ4n) is 3.29. The topological polar surface area (TPSA) is 29.5 Å². The number of methoxy groups -OCH3 is 1. The predicted molar refractivity (Wildman–Crippen MR) is 74.0 cm³/mol. The Hall–Kier alpha value is -1.02. The van der Waals surface area contributed by atoms with Crippen LogP contribution in [0.5, 0.6) is 5.75 Å². The predicted octanol–water partition coefficient (Wildman–Crippen LogP) is 3.74. The van der Waals surface area contributed by atoms with Crippen LogP contribution in [0, 0.1) is 5.92 Å². The highest BCUT2D eigenvalue weighted by Gasteiger charge is 2.26. The Bertz CT molecular complexity index is 356. The molecule has 18 heavy (non-hydrogen) atoms. The van der Waals surface area contributed by atoms with Crippen LogP contribution in [0.1, 0.15) is 50.0 Å². The average Bonchev–Trinajstić information content (AvgIpc) is 2.46. The van der Waals surface area contributed by atoms with Crippen molar-refractivity contribution < 1.29 is 9.84 Å². The van der Waals surface area contributed by atoms with E-state index < -0.39 is 0 Å². The Morgan fingerprint density at radius 2 is 1.94 bits per heavy atom. The van der Waals surface area contributed by atoms with E-state index in [1.807, 2.05) is 12.1 Å². The number of hydrogen-bond acceptors (Lipinski definition) is 2. The third kappa shape index (κ3) is 3.05. The number of aliphatic hydroxyl groups excluding tert-OH is 1. The molecular formula is C16H24O2. The summed E-state index contributed by atoms with van der Waals surface area (Å²) in [6.07, 6.45) is 7.48. The van der Waals surface area contributed by atoms with E-state index in [2.05, 4.69) is 12.1 Å². The van der Waals surface area contributed by atoms with Gasteiger partial charge in [0.05, 0.1) is 7.11 Å². The summed E-state index contributed by atoms with van der Waals surface area (Å²) in [7, 11) is 1.73. The summed E-state index contributed by atoms with van der Waals surface area (Å²) in [4.78, 5) is 0. The summed E-state index contributed by atoms with van der Waals surface area (Å²) in [6, 6.07) is 8.28. The maximum atomic E-state index is 9.35. The van der Waals surface area contributed by atoms with Crippen molar-refractivity contribution in [1.82, 2.24) is 0 Å². The Kier molecular flexibility index (Phi) is 5.06. The Labute approximate surface area is 110 Å². The van der Waals surface area contributed by atoms with Crippen LogP contribution < -0.4 is 4.74 Å². The summed E-state index contributed by atoms with van der Waals surface area (Å²) in [5, 5.41) is 9.35. The standard InChI is InChI=1S/C16H24O2/c1-18-16-10-6-5-9-15(16)14(11-12-17)13-7-3-2-4-8-13/h5-6,9-10,13-14,17H,2-4,7-8,11-12H2,1H3. The largest absolute Gasteiger partial charge is 0.496 e. The molecule has 1 aliphatic carbocycles. The number of para-hydroxylation sites is 1. The molecule has 2 nitrogen and oxygen atoms in total. The monoisotopic (exact) mass is 248 g/mol. The summed E-state index contributed by atoms with van der Waals surface area (Å²) in [6.45, 7) is 0.263. The second-order valence-corrected chi connectivity index (χ2v) is 5.26. The Morgan fingerprint density at radius 1 is 1.22 bits per heavy atom. The fourth-order valence-corrected chi connectivity index (χ4v) is 3.29. The normalized spacial score (nSPS) is 18.6. The summed E-state index contributed by atoms with van der Waals surface area (Å²) >= 11 is 0. The van der Waals surface area contributed by atoms with Crippen molar-refractivity contribution in [2.24, 2.45) is 5.92 Å². The maximum absolute atomic E-state index is 9.35. The lowest BCUT2D eigenvalue weighted by Crippen LogP contribution is -2.18. The molecule has 1 N–H and O–H groups in total. The van der Waals surface area contributed by atoms with Crippen molar-refractivity contribution in [2.45, 2.75) is 44.4 Å². The van der Waals surface area contributed by atoms with Gasteiger partial charge in [0.15, 0.2) is 0 Å². The van der Waals surface area contributed by atoms with E-state index in [9.17, 15) is 5.11 Å². The Balaban J connectivity index is 2.22. The Morgan fingerprint density at radius 3 is 2.61 bits per heavy atom. The molecule has 0 aliphatic heterocycles. The van der Waals surface area contributed by atoms with Gasteiger partial charge >= 0.3 is 0 Å². The van der Waals surface area contributed by atoms with Crippen LogP contribution in [-0.4, -0.2) is 18.8 Å². The van der Waals surface area contributed by atoms with Crippen LogP contribution in [0.2, 0.25) is 0 Å². The van der Waals surface area contributed by atoms with Gasteiger partial charge in [0, 0.05) is 6.61 Å². The van der Waals surface area contributed by atoms with Gasteiger partial charge in [0.25, 0.3) is 0 Å². The maximum Gasteiger partial charge on any atom is 0.122 e. The molecule has 0 amide bonds. The van der Waals surface area contributed by atoms with Gasteiger partial charge in [-0.25, -0.2) is 0 Å². The quantitative estimate of drug-likeness (QED) is 0.860. The molecule has 1 aromatic rings. The van der Waals surface area contributed by atoms with Crippen molar-refractivity contribution in [3.63, 3.8) is 0 Å². The molecule has 0 radical (unpaired) electrons. The fraction of sp³-hybridized carbons (Fsp3) is 0.625. The van der Waals surface area contributed by atoms with E-state index in [-0.39, 0.29) is 6.61 Å². The van der Waals surface area contributed by atoms with Crippen molar-refractivity contribution in [1.29, 1.82) is 0 Å². The molecule has 1 aliphatic rings. The summed E-state index contributed by atoms with van der Waals surface area (Å²) < 4.78 is 5.48. The van der Waals surface area contributed by atoms with E-state index in [1.54, 1.807) is 7.11 Å².